The van der Waals surface area contributed by atoms with Gasteiger partial charge in [0.2, 0.25) is 0 Å². The van der Waals surface area contributed by atoms with E-state index in [2.05, 4.69) is 4.98 Å². The highest BCUT2D eigenvalue weighted by atomic mass is 16.5. The van der Waals surface area contributed by atoms with Crippen LogP contribution in [0.15, 0.2) is 24.3 Å². The summed E-state index contributed by atoms with van der Waals surface area (Å²) in [7, 11) is 1.57. The van der Waals surface area contributed by atoms with Crippen LogP contribution in [-0.2, 0) is 0 Å². The van der Waals surface area contributed by atoms with Gasteiger partial charge in [0.25, 0.3) is 0 Å². The standard InChI is InChI=1S/C11H9N3O/c1-15-9-4-2-3-7-5-8(6-12)11(13)14-10(7)9/h2-5H,1H3,(H2,13,14). The van der Waals surface area contributed by atoms with Gasteiger partial charge in [-0.1, -0.05) is 12.1 Å². The SMILES string of the molecule is COc1cccc2cc(C#N)c(N)nc12. The monoisotopic (exact) mass is 199 g/mol. The second-order valence-corrected chi connectivity index (χ2v) is 3.06. The van der Waals surface area contributed by atoms with Crippen LogP contribution in [0.2, 0.25) is 0 Å². The Morgan fingerprint density at radius 2 is 2.27 bits per heavy atom. The zero-order chi connectivity index (χ0) is 10.8. The van der Waals surface area contributed by atoms with Gasteiger partial charge in [-0.3, -0.25) is 0 Å². The van der Waals surface area contributed by atoms with Gasteiger partial charge in [-0.25, -0.2) is 4.98 Å². The molecule has 0 saturated carbocycles. The van der Waals surface area contributed by atoms with E-state index in [1.807, 2.05) is 18.2 Å². The van der Waals surface area contributed by atoms with Crippen molar-refractivity contribution in [3.63, 3.8) is 0 Å². The van der Waals surface area contributed by atoms with Gasteiger partial charge in [0.15, 0.2) is 0 Å². The minimum absolute atomic E-state index is 0.231. The molecular formula is C11H9N3O. The molecule has 0 saturated heterocycles. The van der Waals surface area contributed by atoms with E-state index in [0.717, 1.165) is 5.39 Å². The number of hydrogen-bond acceptors (Lipinski definition) is 4. The molecule has 4 nitrogen and oxygen atoms in total. The van der Waals surface area contributed by atoms with Gasteiger partial charge in [-0.05, 0) is 12.1 Å². The Bertz CT molecular complexity index is 557. The minimum Gasteiger partial charge on any atom is -0.494 e. The van der Waals surface area contributed by atoms with Crippen molar-refractivity contribution in [2.75, 3.05) is 12.8 Å². The Balaban J connectivity index is 2.82. The molecule has 0 radical (unpaired) electrons. The van der Waals surface area contributed by atoms with E-state index in [1.54, 1.807) is 19.2 Å². The Morgan fingerprint density at radius 1 is 1.47 bits per heavy atom. The molecule has 0 bridgehead atoms. The third-order valence-corrected chi connectivity index (χ3v) is 2.18. The van der Waals surface area contributed by atoms with Gasteiger partial charge in [-0.2, -0.15) is 5.26 Å². The number of fused-ring (bicyclic) bond motifs is 1. The highest BCUT2D eigenvalue weighted by Crippen LogP contribution is 2.25. The molecule has 1 aromatic carbocycles. The molecule has 0 unspecified atom stereocenters. The van der Waals surface area contributed by atoms with E-state index in [-0.39, 0.29) is 5.82 Å². The summed E-state index contributed by atoms with van der Waals surface area (Å²) in [4.78, 5) is 4.15. The number of nitrogens with two attached hydrogens (primary N) is 1. The number of hydrogen-bond donors (Lipinski definition) is 1. The lowest BCUT2D eigenvalue weighted by Gasteiger charge is -2.05. The van der Waals surface area contributed by atoms with Gasteiger partial charge in [0.1, 0.15) is 23.2 Å². The zero-order valence-corrected chi connectivity index (χ0v) is 8.19. The molecule has 1 aromatic heterocycles. The van der Waals surface area contributed by atoms with Crippen LogP contribution in [0.1, 0.15) is 5.56 Å². The van der Waals surface area contributed by atoms with Gasteiger partial charge in [-0.15, -0.1) is 0 Å². The van der Waals surface area contributed by atoms with Gasteiger partial charge in [0, 0.05) is 5.39 Å². The van der Waals surface area contributed by atoms with Crippen LogP contribution < -0.4 is 10.5 Å². The van der Waals surface area contributed by atoms with Crippen LogP contribution in [-0.4, -0.2) is 12.1 Å². The van der Waals surface area contributed by atoms with Crippen molar-refractivity contribution in [2.24, 2.45) is 0 Å². The number of benzene rings is 1. The van der Waals surface area contributed by atoms with Crippen LogP contribution in [0.3, 0.4) is 0 Å². The molecule has 0 aliphatic carbocycles. The Kier molecular flexibility index (Phi) is 2.14. The fourth-order valence-corrected chi connectivity index (χ4v) is 1.44. The molecule has 74 valence electrons. The topological polar surface area (TPSA) is 71.9 Å². The number of nitrogens with zero attached hydrogens (tertiary/aromatic N) is 2. The second-order valence-electron chi connectivity index (χ2n) is 3.06. The number of nitriles is 1. The number of aromatic nitrogens is 1. The Hall–Kier alpha value is -2.28. The zero-order valence-electron chi connectivity index (χ0n) is 8.19. The molecule has 2 N–H and O–H groups in total. The molecular weight excluding hydrogens is 190 g/mol. The summed E-state index contributed by atoms with van der Waals surface area (Å²) in [5.41, 5.74) is 6.69. The molecule has 1 heterocycles. The van der Waals surface area contributed by atoms with E-state index in [9.17, 15) is 0 Å². The maximum atomic E-state index is 8.80. The lowest BCUT2D eigenvalue weighted by Crippen LogP contribution is -1.96. The largest absolute Gasteiger partial charge is 0.494 e. The fourth-order valence-electron chi connectivity index (χ4n) is 1.44. The molecule has 0 spiro atoms. The third-order valence-electron chi connectivity index (χ3n) is 2.18. The predicted molar refractivity (Wildman–Crippen MR) is 57.4 cm³/mol. The number of methoxy groups -OCH3 is 1. The first-order valence-electron chi connectivity index (χ1n) is 4.39. The highest BCUT2D eigenvalue weighted by Gasteiger charge is 2.06. The van der Waals surface area contributed by atoms with E-state index >= 15 is 0 Å². The number of ether oxygens (including phenoxy) is 1. The molecule has 2 aromatic rings. The molecule has 0 aliphatic heterocycles. The second kappa shape index (κ2) is 3.46. The number of para-hydroxylation sites is 1. The Morgan fingerprint density at radius 3 is 2.93 bits per heavy atom. The lowest BCUT2D eigenvalue weighted by atomic mass is 10.1. The summed E-state index contributed by atoms with van der Waals surface area (Å²) >= 11 is 0. The molecule has 4 heteroatoms. The average Bonchev–Trinajstić information content (AvgIpc) is 2.27. The van der Waals surface area contributed by atoms with E-state index in [4.69, 9.17) is 15.7 Å². The number of rotatable bonds is 1. The molecule has 0 aliphatic rings. The van der Waals surface area contributed by atoms with Crippen LogP contribution in [0.25, 0.3) is 10.9 Å². The van der Waals surface area contributed by atoms with Crippen LogP contribution in [0, 0.1) is 11.3 Å². The van der Waals surface area contributed by atoms with Crippen molar-refractivity contribution in [2.45, 2.75) is 0 Å². The van der Waals surface area contributed by atoms with Crippen LogP contribution in [0.4, 0.5) is 5.82 Å². The van der Waals surface area contributed by atoms with Crippen molar-refractivity contribution in [1.29, 1.82) is 5.26 Å². The van der Waals surface area contributed by atoms with Gasteiger partial charge >= 0.3 is 0 Å². The molecule has 2 rings (SSSR count). The van der Waals surface area contributed by atoms with Crippen molar-refractivity contribution in [3.8, 4) is 11.8 Å². The maximum absolute atomic E-state index is 8.80. The quantitative estimate of drug-likeness (QED) is 0.758. The number of nitrogen functional groups attached to an aromatic ring is 1. The lowest BCUT2D eigenvalue weighted by molar-refractivity contribution is 0.419. The van der Waals surface area contributed by atoms with Crippen molar-refractivity contribution < 1.29 is 4.74 Å². The Labute approximate surface area is 86.9 Å². The third kappa shape index (κ3) is 1.44. The van der Waals surface area contributed by atoms with Gasteiger partial charge < -0.3 is 10.5 Å². The van der Waals surface area contributed by atoms with Crippen molar-refractivity contribution in [3.05, 3.63) is 29.8 Å². The highest BCUT2D eigenvalue weighted by molar-refractivity contribution is 5.87. The van der Waals surface area contributed by atoms with Gasteiger partial charge in [0.05, 0.1) is 12.7 Å². The summed E-state index contributed by atoms with van der Waals surface area (Å²) < 4.78 is 5.16. The summed E-state index contributed by atoms with van der Waals surface area (Å²) in [5.74, 6) is 0.887. The fraction of sp³-hybridized carbons (Fsp3) is 0.0909. The molecule has 0 atom stereocenters. The number of anilines is 1. The van der Waals surface area contributed by atoms with Crippen molar-refractivity contribution in [1.82, 2.24) is 4.98 Å². The predicted octanol–water partition coefficient (Wildman–Crippen LogP) is 1.70. The van der Waals surface area contributed by atoms with Crippen LogP contribution >= 0.6 is 0 Å². The van der Waals surface area contributed by atoms with Crippen molar-refractivity contribution >= 4 is 16.7 Å². The average molecular weight is 199 g/mol. The minimum atomic E-state index is 0.231. The smallest absolute Gasteiger partial charge is 0.145 e. The normalized spacial score (nSPS) is 9.87. The number of pyridine rings is 1. The first-order valence-corrected chi connectivity index (χ1v) is 4.39. The molecule has 0 amide bonds. The first kappa shape index (κ1) is 9.28. The van der Waals surface area contributed by atoms with E-state index < -0.39 is 0 Å². The summed E-state index contributed by atoms with van der Waals surface area (Å²) in [5, 5.41) is 9.65. The summed E-state index contributed by atoms with van der Waals surface area (Å²) in [6.45, 7) is 0. The summed E-state index contributed by atoms with van der Waals surface area (Å²) in [6.07, 6.45) is 0. The summed E-state index contributed by atoms with van der Waals surface area (Å²) in [6, 6.07) is 9.23. The molecule has 0 fully saturated rings. The molecule has 15 heavy (non-hydrogen) atoms. The van der Waals surface area contributed by atoms with E-state index in [1.165, 1.54) is 0 Å². The maximum Gasteiger partial charge on any atom is 0.145 e. The first-order chi connectivity index (χ1) is 7.26. The van der Waals surface area contributed by atoms with Crippen LogP contribution in [0.5, 0.6) is 5.75 Å². The van der Waals surface area contributed by atoms with E-state index in [0.29, 0.717) is 16.8 Å².